The van der Waals surface area contributed by atoms with Gasteiger partial charge in [-0.1, -0.05) is 18.2 Å². The summed E-state index contributed by atoms with van der Waals surface area (Å²) in [6.07, 6.45) is 1.04. The molecular formula is C22H30N4OS. The van der Waals surface area contributed by atoms with Crippen LogP contribution in [0.4, 0.5) is 11.4 Å². The van der Waals surface area contributed by atoms with Gasteiger partial charge >= 0.3 is 0 Å². The van der Waals surface area contributed by atoms with Crippen molar-refractivity contribution in [3.05, 3.63) is 54.6 Å². The molecule has 2 aromatic rings. The van der Waals surface area contributed by atoms with Gasteiger partial charge in [0.1, 0.15) is 5.75 Å². The quantitative estimate of drug-likeness (QED) is 0.523. The minimum absolute atomic E-state index is 0.642. The van der Waals surface area contributed by atoms with Gasteiger partial charge in [-0.15, -0.1) is 0 Å². The molecule has 1 heterocycles. The predicted octanol–water partition coefficient (Wildman–Crippen LogP) is 3.58. The van der Waals surface area contributed by atoms with Crippen LogP contribution in [0.3, 0.4) is 0 Å². The number of nitrogens with one attached hydrogen (secondary N) is 2. The highest BCUT2D eigenvalue weighted by molar-refractivity contribution is 7.80. The van der Waals surface area contributed by atoms with Gasteiger partial charge in [0.05, 0.1) is 6.61 Å². The summed E-state index contributed by atoms with van der Waals surface area (Å²) in [5, 5.41) is 6.87. The van der Waals surface area contributed by atoms with E-state index in [9.17, 15) is 0 Å². The summed E-state index contributed by atoms with van der Waals surface area (Å²) in [5.74, 6) is 0.897. The Morgan fingerprint density at radius 2 is 1.71 bits per heavy atom. The lowest BCUT2D eigenvalue weighted by molar-refractivity contribution is 0.225. The molecule has 3 rings (SSSR count). The molecule has 1 saturated heterocycles. The van der Waals surface area contributed by atoms with Gasteiger partial charge in [-0.05, 0) is 62.0 Å². The molecule has 150 valence electrons. The molecule has 0 radical (unpaired) electrons. The third-order valence-corrected chi connectivity index (χ3v) is 5.08. The molecule has 0 spiro atoms. The lowest BCUT2D eigenvalue weighted by Gasteiger charge is -2.36. The second kappa shape index (κ2) is 10.9. The average Bonchev–Trinajstić information content (AvgIpc) is 2.74. The van der Waals surface area contributed by atoms with E-state index in [1.165, 1.54) is 5.69 Å². The van der Waals surface area contributed by atoms with E-state index in [2.05, 4.69) is 50.8 Å². The molecule has 6 heteroatoms. The molecule has 0 aliphatic carbocycles. The Morgan fingerprint density at radius 1 is 1.00 bits per heavy atom. The van der Waals surface area contributed by atoms with Crippen LogP contribution in [0.1, 0.15) is 13.3 Å². The van der Waals surface area contributed by atoms with E-state index in [0.717, 1.165) is 63.7 Å². The molecule has 5 nitrogen and oxygen atoms in total. The highest BCUT2D eigenvalue weighted by Gasteiger charge is 2.16. The van der Waals surface area contributed by atoms with Crippen molar-refractivity contribution >= 4 is 28.7 Å². The summed E-state index contributed by atoms with van der Waals surface area (Å²) in [6, 6.07) is 18.6. The zero-order valence-corrected chi connectivity index (χ0v) is 17.4. The Hall–Kier alpha value is -2.31. The lowest BCUT2D eigenvalue weighted by atomic mass is 10.2. The summed E-state index contributed by atoms with van der Waals surface area (Å²) in [6.45, 7) is 9.06. The molecule has 0 bridgehead atoms. The summed E-state index contributed by atoms with van der Waals surface area (Å²) in [5.41, 5.74) is 2.30. The van der Waals surface area contributed by atoms with Crippen molar-refractivity contribution in [3.8, 4) is 5.75 Å². The number of thiocarbonyl (C=S) groups is 1. The van der Waals surface area contributed by atoms with Crippen LogP contribution in [-0.4, -0.2) is 55.9 Å². The molecule has 2 aromatic carbocycles. The van der Waals surface area contributed by atoms with Gasteiger partial charge in [0, 0.05) is 50.6 Å². The predicted molar refractivity (Wildman–Crippen MR) is 122 cm³/mol. The molecule has 1 aliphatic heterocycles. The van der Waals surface area contributed by atoms with Crippen molar-refractivity contribution in [1.29, 1.82) is 0 Å². The van der Waals surface area contributed by atoms with Crippen molar-refractivity contribution in [2.45, 2.75) is 13.3 Å². The van der Waals surface area contributed by atoms with Crippen molar-refractivity contribution in [3.63, 3.8) is 0 Å². The van der Waals surface area contributed by atoms with E-state index in [0.29, 0.717) is 5.11 Å². The number of benzene rings is 2. The van der Waals surface area contributed by atoms with Crippen LogP contribution in [0, 0.1) is 0 Å². The van der Waals surface area contributed by atoms with Crippen molar-refractivity contribution in [1.82, 2.24) is 10.2 Å². The first kappa shape index (κ1) is 20.4. The molecule has 2 N–H and O–H groups in total. The van der Waals surface area contributed by atoms with E-state index < -0.39 is 0 Å². The number of hydrogen-bond donors (Lipinski definition) is 2. The number of nitrogens with zero attached hydrogens (tertiary/aromatic N) is 2. The number of ether oxygens (including phenoxy) is 1. The van der Waals surface area contributed by atoms with Gasteiger partial charge in [0.2, 0.25) is 0 Å². The van der Waals surface area contributed by atoms with Crippen LogP contribution >= 0.6 is 12.2 Å². The van der Waals surface area contributed by atoms with Crippen LogP contribution in [-0.2, 0) is 0 Å². The third-order valence-electron chi connectivity index (χ3n) is 4.83. The highest BCUT2D eigenvalue weighted by Crippen LogP contribution is 2.17. The van der Waals surface area contributed by atoms with Crippen LogP contribution in [0.2, 0.25) is 0 Å². The fourth-order valence-corrected chi connectivity index (χ4v) is 3.58. The zero-order valence-electron chi connectivity index (χ0n) is 16.6. The molecule has 1 aliphatic rings. The SMILES string of the molecule is CCNC(=S)Nc1ccc(OCCCN2CCN(c3ccccc3)CC2)cc1. The minimum atomic E-state index is 0.642. The van der Waals surface area contributed by atoms with Gasteiger partial charge in [-0.2, -0.15) is 0 Å². The highest BCUT2D eigenvalue weighted by atomic mass is 32.1. The van der Waals surface area contributed by atoms with Gasteiger partial charge < -0.3 is 20.3 Å². The summed E-state index contributed by atoms with van der Waals surface area (Å²) >= 11 is 5.19. The number of hydrogen-bond acceptors (Lipinski definition) is 4. The standard InChI is InChI=1S/C22H30N4OS/c1-2-23-22(28)24-19-9-11-21(12-10-19)27-18-6-13-25-14-16-26(17-15-25)20-7-4-3-5-8-20/h3-5,7-12H,2,6,13-18H2,1H3,(H2,23,24,28). The molecule has 28 heavy (non-hydrogen) atoms. The van der Waals surface area contributed by atoms with E-state index in [4.69, 9.17) is 17.0 Å². The van der Waals surface area contributed by atoms with E-state index in [1.54, 1.807) is 0 Å². The fourth-order valence-electron chi connectivity index (χ4n) is 3.32. The molecule has 0 aromatic heterocycles. The van der Waals surface area contributed by atoms with Gasteiger partial charge in [0.25, 0.3) is 0 Å². The Morgan fingerprint density at radius 3 is 2.39 bits per heavy atom. The maximum Gasteiger partial charge on any atom is 0.170 e. The Balaban J connectivity index is 1.31. The molecule has 0 atom stereocenters. The Bertz CT molecular complexity index is 715. The third kappa shape index (κ3) is 6.39. The lowest BCUT2D eigenvalue weighted by Crippen LogP contribution is -2.46. The number of piperazine rings is 1. The molecular weight excluding hydrogens is 368 g/mol. The maximum absolute atomic E-state index is 5.88. The molecule has 0 amide bonds. The number of anilines is 2. The van der Waals surface area contributed by atoms with E-state index >= 15 is 0 Å². The van der Waals surface area contributed by atoms with Gasteiger partial charge in [-0.25, -0.2) is 0 Å². The van der Waals surface area contributed by atoms with E-state index in [1.807, 2.05) is 31.2 Å². The largest absolute Gasteiger partial charge is 0.494 e. The number of para-hydroxylation sites is 1. The maximum atomic E-state index is 5.88. The summed E-state index contributed by atoms with van der Waals surface area (Å²) in [7, 11) is 0. The van der Waals surface area contributed by atoms with Gasteiger partial charge in [-0.3, -0.25) is 4.90 Å². The fraction of sp³-hybridized carbons (Fsp3) is 0.409. The normalized spacial score (nSPS) is 14.5. The first-order valence-corrected chi connectivity index (χ1v) is 10.5. The molecule has 0 saturated carbocycles. The first-order chi connectivity index (χ1) is 13.7. The molecule has 0 unspecified atom stereocenters. The van der Waals surface area contributed by atoms with E-state index in [-0.39, 0.29) is 0 Å². The Labute approximate surface area is 173 Å². The summed E-state index contributed by atoms with van der Waals surface area (Å²) in [4.78, 5) is 4.99. The van der Waals surface area contributed by atoms with Crippen molar-refractivity contribution in [2.75, 3.05) is 56.1 Å². The average molecular weight is 399 g/mol. The van der Waals surface area contributed by atoms with Crippen molar-refractivity contribution in [2.24, 2.45) is 0 Å². The summed E-state index contributed by atoms with van der Waals surface area (Å²) < 4.78 is 5.88. The minimum Gasteiger partial charge on any atom is -0.494 e. The monoisotopic (exact) mass is 398 g/mol. The van der Waals surface area contributed by atoms with Crippen molar-refractivity contribution < 1.29 is 4.74 Å². The smallest absolute Gasteiger partial charge is 0.170 e. The second-order valence-corrected chi connectivity index (χ2v) is 7.28. The Kier molecular flexibility index (Phi) is 7.94. The van der Waals surface area contributed by atoms with Crippen LogP contribution in [0.5, 0.6) is 5.75 Å². The molecule has 1 fully saturated rings. The second-order valence-electron chi connectivity index (χ2n) is 6.88. The topological polar surface area (TPSA) is 39.8 Å². The zero-order chi connectivity index (χ0) is 19.6. The van der Waals surface area contributed by atoms with Crippen LogP contribution in [0.25, 0.3) is 0 Å². The first-order valence-electron chi connectivity index (χ1n) is 10.0. The number of rotatable bonds is 8. The van der Waals surface area contributed by atoms with Crippen LogP contribution in [0.15, 0.2) is 54.6 Å². The van der Waals surface area contributed by atoms with Gasteiger partial charge in [0.15, 0.2) is 5.11 Å². The van der Waals surface area contributed by atoms with Crippen LogP contribution < -0.4 is 20.3 Å².